The molecule has 1 aromatic rings. The fourth-order valence-corrected chi connectivity index (χ4v) is 3.17. The average molecular weight is 299 g/mol. The molecule has 0 spiro atoms. The lowest BCUT2D eigenvalue weighted by Crippen LogP contribution is -2.41. The number of nitrogens with zero attached hydrogens (tertiary/aromatic N) is 2. The summed E-state index contributed by atoms with van der Waals surface area (Å²) in [5.41, 5.74) is 0.665. The second-order valence-electron chi connectivity index (χ2n) is 4.82. The third-order valence-electron chi connectivity index (χ3n) is 3.67. The minimum Gasteiger partial charge on any atom is -0.299 e. The first-order valence-corrected chi connectivity index (χ1v) is 7.81. The van der Waals surface area contributed by atoms with E-state index in [2.05, 4.69) is 11.0 Å². The molecule has 0 saturated carbocycles. The lowest BCUT2D eigenvalue weighted by molar-refractivity contribution is 0.207. The number of benzene rings is 1. The largest absolute Gasteiger partial charge is 0.299 e. The van der Waals surface area contributed by atoms with Gasteiger partial charge in [-0.15, -0.1) is 11.8 Å². The van der Waals surface area contributed by atoms with Gasteiger partial charge in [0.05, 0.1) is 6.07 Å². The molecule has 2 rings (SSSR count). The highest BCUT2D eigenvalue weighted by Crippen LogP contribution is 2.34. The van der Waals surface area contributed by atoms with Crippen molar-refractivity contribution in [2.45, 2.75) is 24.1 Å². The second-order valence-corrected chi connectivity index (χ2v) is 6.45. The zero-order valence-corrected chi connectivity index (χ0v) is 12.4. The number of hydrogen-bond acceptors (Lipinski definition) is 3. The van der Waals surface area contributed by atoms with Crippen LogP contribution < -0.4 is 0 Å². The number of rotatable bonds is 3. The van der Waals surface area contributed by atoms with Gasteiger partial charge in [0.1, 0.15) is 10.6 Å². The minimum atomic E-state index is -0.255. The first kappa shape index (κ1) is 14.6. The Morgan fingerprint density at radius 3 is 2.68 bits per heavy atom. The summed E-state index contributed by atoms with van der Waals surface area (Å²) < 4.78 is 13.5. The molecule has 5 heteroatoms. The Bertz CT molecular complexity index is 493. The molecule has 0 amide bonds. The van der Waals surface area contributed by atoms with Crippen molar-refractivity contribution < 1.29 is 4.39 Å². The molecule has 0 aliphatic carbocycles. The molecule has 0 aromatic heterocycles. The van der Waals surface area contributed by atoms with Gasteiger partial charge in [-0.1, -0.05) is 17.7 Å². The Morgan fingerprint density at radius 2 is 2.16 bits per heavy atom. The van der Waals surface area contributed by atoms with Crippen LogP contribution in [-0.2, 0) is 6.54 Å². The van der Waals surface area contributed by atoms with Crippen LogP contribution in [0.3, 0.4) is 0 Å². The Kier molecular flexibility index (Phi) is 4.72. The Labute approximate surface area is 122 Å². The standard InChI is InChI=1S/C14H16ClFN2S/c1-19-14(10-17)4-6-18(7-5-14)9-11-2-3-12(15)8-13(11)16/h2-3,8H,4-7,9H2,1H3. The van der Waals surface area contributed by atoms with E-state index in [9.17, 15) is 9.65 Å². The van der Waals surface area contributed by atoms with Gasteiger partial charge in [0, 0.05) is 30.2 Å². The third kappa shape index (κ3) is 3.42. The van der Waals surface area contributed by atoms with Crippen molar-refractivity contribution in [1.29, 1.82) is 5.26 Å². The fourth-order valence-electron chi connectivity index (χ4n) is 2.32. The summed E-state index contributed by atoms with van der Waals surface area (Å²) in [6, 6.07) is 7.21. The number of thioether (sulfide) groups is 1. The summed E-state index contributed by atoms with van der Waals surface area (Å²) in [5.74, 6) is -0.255. The molecule has 102 valence electrons. The molecule has 19 heavy (non-hydrogen) atoms. The molecule has 1 heterocycles. The number of hydrogen-bond donors (Lipinski definition) is 0. The molecule has 0 atom stereocenters. The van der Waals surface area contributed by atoms with Gasteiger partial charge in [-0.2, -0.15) is 5.26 Å². The summed E-state index contributed by atoms with van der Waals surface area (Å²) in [6.45, 7) is 2.24. The first-order valence-electron chi connectivity index (χ1n) is 6.21. The molecular weight excluding hydrogens is 283 g/mol. The smallest absolute Gasteiger partial charge is 0.129 e. The van der Waals surface area contributed by atoms with Crippen molar-refractivity contribution in [2.75, 3.05) is 19.3 Å². The van der Waals surface area contributed by atoms with E-state index in [1.165, 1.54) is 6.07 Å². The predicted molar refractivity (Wildman–Crippen MR) is 77.8 cm³/mol. The SMILES string of the molecule is CSC1(C#N)CCN(Cc2ccc(Cl)cc2F)CC1. The van der Waals surface area contributed by atoms with E-state index >= 15 is 0 Å². The van der Waals surface area contributed by atoms with E-state index in [4.69, 9.17) is 11.6 Å². The highest BCUT2D eigenvalue weighted by atomic mass is 35.5. The van der Waals surface area contributed by atoms with Gasteiger partial charge < -0.3 is 0 Å². The maximum absolute atomic E-state index is 13.7. The van der Waals surface area contributed by atoms with Crippen molar-refractivity contribution in [2.24, 2.45) is 0 Å². The van der Waals surface area contributed by atoms with E-state index < -0.39 is 0 Å². The monoisotopic (exact) mass is 298 g/mol. The molecule has 2 nitrogen and oxygen atoms in total. The topological polar surface area (TPSA) is 27.0 Å². The molecule has 1 aromatic carbocycles. The Balaban J connectivity index is 1.98. The van der Waals surface area contributed by atoms with Gasteiger partial charge in [-0.05, 0) is 31.2 Å². The maximum atomic E-state index is 13.7. The summed E-state index contributed by atoms with van der Waals surface area (Å²) in [7, 11) is 0. The Hall–Kier alpha value is -0.760. The molecule has 1 aliphatic heterocycles. The van der Waals surface area contributed by atoms with E-state index in [0.29, 0.717) is 17.1 Å². The highest BCUT2D eigenvalue weighted by molar-refractivity contribution is 8.00. The average Bonchev–Trinajstić information content (AvgIpc) is 2.43. The van der Waals surface area contributed by atoms with Crippen LogP contribution in [0.1, 0.15) is 18.4 Å². The molecule has 0 unspecified atom stereocenters. The fraction of sp³-hybridized carbons (Fsp3) is 0.500. The van der Waals surface area contributed by atoms with E-state index in [1.54, 1.807) is 23.9 Å². The minimum absolute atomic E-state index is 0.255. The van der Waals surface area contributed by atoms with Gasteiger partial charge in [0.2, 0.25) is 0 Å². The van der Waals surface area contributed by atoms with Crippen LogP contribution in [0.15, 0.2) is 18.2 Å². The number of halogens is 2. The number of likely N-dealkylation sites (tertiary alicyclic amines) is 1. The van der Waals surface area contributed by atoms with Crippen LogP contribution in [0.5, 0.6) is 0 Å². The zero-order valence-electron chi connectivity index (χ0n) is 10.8. The van der Waals surface area contributed by atoms with Gasteiger partial charge in [-0.3, -0.25) is 4.90 Å². The first-order chi connectivity index (χ1) is 9.08. The summed E-state index contributed by atoms with van der Waals surface area (Å²) in [6.07, 6.45) is 3.65. The van der Waals surface area contributed by atoms with Crippen molar-refractivity contribution >= 4 is 23.4 Å². The van der Waals surface area contributed by atoms with Crippen molar-refractivity contribution in [3.63, 3.8) is 0 Å². The van der Waals surface area contributed by atoms with Gasteiger partial charge >= 0.3 is 0 Å². The van der Waals surface area contributed by atoms with Crippen LogP contribution in [0.25, 0.3) is 0 Å². The molecule has 1 saturated heterocycles. The van der Waals surface area contributed by atoms with Crippen molar-refractivity contribution in [1.82, 2.24) is 4.90 Å². The molecule has 0 N–H and O–H groups in total. The molecular formula is C14H16ClFN2S. The quantitative estimate of drug-likeness (QED) is 0.851. The number of nitriles is 1. The Morgan fingerprint density at radius 1 is 1.47 bits per heavy atom. The molecule has 0 bridgehead atoms. The third-order valence-corrected chi connectivity index (χ3v) is 5.18. The van der Waals surface area contributed by atoms with Crippen LogP contribution in [0.2, 0.25) is 5.02 Å². The summed E-state index contributed by atoms with van der Waals surface area (Å²) >= 11 is 7.37. The van der Waals surface area contributed by atoms with Crippen LogP contribution in [-0.4, -0.2) is 29.0 Å². The summed E-state index contributed by atoms with van der Waals surface area (Å²) in [5, 5.41) is 9.65. The van der Waals surface area contributed by atoms with Gasteiger partial charge in [-0.25, -0.2) is 4.39 Å². The van der Waals surface area contributed by atoms with Gasteiger partial charge in [0.15, 0.2) is 0 Å². The number of piperidine rings is 1. The van der Waals surface area contributed by atoms with Gasteiger partial charge in [0.25, 0.3) is 0 Å². The highest BCUT2D eigenvalue weighted by Gasteiger charge is 2.33. The van der Waals surface area contributed by atoms with E-state index in [1.807, 2.05) is 6.26 Å². The zero-order chi connectivity index (χ0) is 13.9. The van der Waals surface area contributed by atoms with E-state index in [-0.39, 0.29) is 10.6 Å². The normalized spacial score (nSPS) is 19.1. The van der Waals surface area contributed by atoms with Crippen LogP contribution in [0, 0.1) is 17.1 Å². The lowest BCUT2D eigenvalue weighted by atomic mass is 9.97. The van der Waals surface area contributed by atoms with Crippen molar-refractivity contribution in [3.05, 3.63) is 34.6 Å². The lowest BCUT2D eigenvalue weighted by Gasteiger charge is -2.36. The van der Waals surface area contributed by atoms with Crippen LogP contribution in [0.4, 0.5) is 4.39 Å². The predicted octanol–water partition coefficient (Wildman–Crippen LogP) is 3.70. The maximum Gasteiger partial charge on any atom is 0.129 e. The second kappa shape index (κ2) is 6.13. The molecule has 1 fully saturated rings. The summed E-state index contributed by atoms with van der Waals surface area (Å²) in [4.78, 5) is 2.19. The molecule has 1 aliphatic rings. The van der Waals surface area contributed by atoms with E-state index in [0.717, 1.165) is 25.9 Å². The molecule has 0 radical (unpaired) electrons. The van der Waals surface area contributed by atoms with Crippen molar-refractivity contribution in [3.8, 4) is 6.07 Å². The van der Waals surface area contributed by atoms with Crippen LogP contribution >= 0.6 is 23.4 Å².